The number of benzene rings is 2. The van der Waals surface area contributed by atoms with E-state index in [0.29, 0.717) is 0 Å². The first-order valence-corrected chi connectivity index (χ1v) is 6.46. The second-order valence-electron chi connectivity index (χ2n) is 4.33. The molecule has 5 heteroatoms. The molecule has 0 amide bonds. The molecule has 0 atom stereocenters. The number of esters is 2. The molecule has 0 aliphatic rings. The van der Waals surface area contributed by atoms with E-state index in [0.717, 1.165) is 5.56 Å². The highest BCUT2D eigenvalue weighted by Crippen LogP contribution is 2.19. The fraction of sp³-hybridized carbons (Fsp3) is 0.0588. The number of phenolic OH excluding ortho intramolecular Hbond substituents is 1. The van der Waals surface area contributed by atoms with E-state index in [-0.39, 0.29) is 17.1 Å². The molecule has 0 fully saturated rings. The van der Waals surface area contributed by atoms with Gasteiger partial charge in [0, 0.05) is 6.08 Å². The molecular weight excluding hydrogens is 284 g/mol. The molecule has 0 spiro atoms. The molecule has 0 bridgehead atoms. The Morgan fingerprint density at radius 1 is 1.05 bits per heavy atom. The average molecular weight is 298 g/mol. The van der Waals surface area contributed by atoms with E-state index in [4.69, 9.17) is 4.74 Å². The van der Waals surface area contributed by atoms with Gasteiger partial charge in [-0.3, -0.25) is 0 Å². The van der Waals surface area contributed by atoms with E-state index in [1.807, 2.05) is 0 Å². The van der Waals surface area contributed by atoms with Crippen LogP contribution >= 0.6 is 0 Å². The number of carbonyl (C=O) groups is 2. The molecule has 0 aromatic heterocycles. The number of carbonyl (C=O) groups excluding carboxylic acids is 2. The maximum atomic E-state index is 11.8. The largest absolute Gasteiger partial charge is 0.508 e. The molecule has 1 N–H and O–H groups in total. The van der Waals surface area contributed by atoms with Crippen molar-refractivity contribution in [2.24, 2.45) is 0 Å². The molecule has 0 unspecified atom stereocenters. The Kier molecular flexibility index (Phi) is 4.93. The monoisotopic (exact) mass is 298 g/mol. The van der Waals surface area contributed by atoms with E-state index >= 15 is 0 Å². The van der Waals surface area contributed by atoms with Crippen LogP contribution in [0.3, 0.4) is 0 Å². The summed E-state index contributed by atoms with van der Waals surface area (Å²) in [5, 5.41) is 9.18. The molecule has 0 saturated carbocycles. The van der Waals surface area contributed by atoms with Gasteiger partial charge in [0.1, 0.15) is 17.1 Å². The summed E-state index contributed by atoms with van der Waals surface area (Å²) < 4.78 is 9.77. The average Bonchev–Trinajstić information content (AvgIpc) is 2.54. The minimum atomic E-state index is -0.621. The lowest BCUT2D eigenvalue weighted by Gasteiger charge is -2.06. The van der Waals surface area contributed by atoms with Crippen molar-refractivity contribution in [3.63, 3.8) is 0 Å². The smallest absolute Gasteiger partial charge is 0.341 e. The van der Waals surface area contributed by atoms with E-state index in [9.17, 15) is 14.7 Å². The van der Waals surface area contributed by atoms with Crippen LogP contribution in [0.5, 0.6) is 11.5 Å². The van der Waals surface area contributed by atoms with Gasteiger partial charge in [-0.1, -0.05) is 24.3 Å². The molecule has 0 aliphatic carbocycles. The molecule has 22 heavy (non-hydrogen) atoms. The Morgan fingerprint density at radius 2 is 1.73 bits per heavy atom. The zero-order valence-corrected chi connectivity index (χ0v) is 11.9. The van der Waals surface area contributed by atoms with Gasteiger partial charge in [-0.15, -0.1) is 0 Å². The summed E-state index contributed by atoms with van der Waals surface area (Å²) in [4.78, 5) is 23.4. The van der Waals surface area contributed by atoms with Crippen molar-refractivity contribution in [1.82, 2.24) is 0 Å². The lowest BCUT2D eigenvalue weighted by molar-refractivity contribution is -0.128. The lowest BCUT2D eigenvalue weighted by atomic mass is 10.2. The van der Waals surface area contributed by atoms with E-state index in [1.165, 1.54) is 37.5 Å². The van der Waals surface area contributed by atoms with Gasteiger partial charge < -0.3 is 14.6 Å². The van der Waals surface area contributed by atoms with Crippen molar-refractivity contribution in [1.29, 1.82) is 0 Å². The van der Waals surface area contributed by atoms with E-state index in [1.54, 1.807) is 30.3 Å². The van der Waals surface area contributed by atoms with Crippen molar-refractivity contribution < 1.29 is 24.2 Å². The maximum absolute atomic E-state index is 11.8. The van der Waals surface area contributed by atoms with Crippen LogP contribution in [-0.2, 0) is 9.53 Å². The van der Waals surface area contributed by atoms with Gasteiger partial charge in [0.25, 0.3) is 0 Å². The normalized spacial score (nSPS) is 10.4. The number of methoxy groups -OCH3 is 1. The summed E-state index contributed by atoms with van der Waals surface area (Å²) in [5.41, 5.74) is 0.910. The van der Waals surface area contributed by atoms with Crippen molar-refractivity contribution in [3.8, 4) is 11.5 Å². The van der Waals surface area contributed by atoms with Gasteiger partial charge in [0.05, 0.1) is 7.11 Å². The second-order valence-corrected chi connectivity index (χ2v) is 4.33. The minimum absolute atomic E-state index is 0.134. The molecular formula is C17H14O5. The van der Waals surface area contributed by atoms with Crippen LogP contribution in [0.1, 0.15) is 15.9 Å². The number of hydrogen-bond acceptors (Lipinski definition) is 5. The maximum Gasteiger partial charge on any atom is 0.341 e. The number of ether oxygens (including phenoxy) is 2. The van der Waals surface area contributed by atoms with Crippen LogP contribution in [0.2, 0.25) is 0 Å². The van der Waals surface area contributed by atoms with Gasteiger partial charge in [0.2, 0.25) is 0 Å². The number of phenols is 1. The molecule has 2 aromatic rings. The number of para-hydroxylation sites is 1. The highest BCUT2D eigenvalue weighted by atomic mass is 16.5. The van der Waals surface area contributed by atoms with E-state index in [2.05, 4.69) is 4.74 Å². The van der Waals surface area contributed by atoms with E-state index < -0.39 is 11.9 Å². The quantitative estimate of drug-likeness (QED) is 0.534. The predicted molar refractivity (Wildman–Crippen MR) is 80.6 cm³/mol. The SMILES string of the molecule is COC(=O)c1ccccc1OC(=O)C=Cc1ccc(O)cc1. The van der Waals surface area contributed by atoms with Gasteiger partial charge >= 0.3 is 11.9 Å². The zero-order valence-electron chi connectivity index (χ0n) is 11.9. The Bertz CT molecular complexity index is 701. The third-order valence-corrected chi connectivity index (χ3v) is 2.81. The molecule has 5 nitrogen and oxygen atoms in total. The molecule has 112 valence electrons. The minimum Gasteiger partial charge on any atom is -0.508 e. The standard InChI is InChI=1S/C17H14O5/c1-21-17(20)14-4-2-3-5-15(14)22-16(19)11-8-12-6-9-13(18)10-7-12/h2-11,18H,1H3. The van der Waals surface area contributed by atoms with Crippen LogP contribution in [0.25, 0.3) is 6.08 Å². The number of rotatable bonds is 4. The highest BCUT2D eigenvalue weighted by Gasteiger charge is 2.13. The van der Waals surface area contributed by atoms with Crippen LogP contribution in [0.4, 0.5) is 0 Å². The Hall–Kier alpha value is -3.08. The Balaban J connectivity index is 2.09. The number of aromatic hydroxyl groups is 1. The van der Waals surface area contributed by atoms with Gasteiger partial charge in [-0.2, -0.15) is 0 Å². The van der Waals surface area contributed by atoms with Crippen LogP contribution in [-0.4, -0.2) is 24.2 Å². The topological polar surface area (TPSA) is 72.8 Å². The molecule has 0 saturated heterocycles. The molecule has 2 aromatic carbocycles. The van der Waals surface area contributed by atoms with Crippen LogP contribution in [0.15, 0.2) is 54.6 Å². The van der Waals surface area contributed by atoms with Crippen LogP contribution in [0, 0.1) is 0 Å². The fourth-order valence-corrected chi connectivity index (χ4v) is 1.73. The molecule has 0 radical (unpaired) electrons. The molecule has 0 heterocycles. The second kappa shape index (κ2) is 7.08. The summed E-state index contributed by atoms with van der Waals surface area (Å²) in [5.74, 6) is -0.920. The van der Waals surface area contributed by atoms with Gasteiger partial charge in [0.15, 0.2) is 0 Å². The predicted octanol–water partition coefficient (Wildman–Crippen LogP) is 2.80. The third kappa shape index (κ3) is 3.96. The van der Waals surface area contributed by atoms with Crippen molar-refractivity contribution in [2.75, 3.05) is 7.11 Å². The molecule has 0 aliphatic heterocycles. The Labute approximate surface area is 127 Å². The highest BCUT2D eigenvalue weighted by molar-refractivity contribution is 5.95. The summed E-state index contributed by atoms with van der Waals surface area (Å²) in [6.07, 6.45) is 2.78. The Morgan fingerprint density at radius 3 is 2.41 bits per heavy atom. The van der Waals surface area contributed by atoms with Crippen molar-refractivity contribution in [2.45, 2.75) is 0 Å². The summed E-state index contributed by atoms with van der Waals surface area (Å²) in [6, 6.07) is 12.7. The summed E-state index contributed by atoms with van der Waals surface area (Å²) in [6.45, 7) is 0. The lowest BCUT2D eigenvalue weighted by Crippen LogP contribution is -2.09. The first kappa shape index (κ1) is 15.3. The summed E-state index contributed by atoms with van der Waals surface area (Å²) in [7, 11) is 1.26. The third-order valence-electron chi connectivity index (χ3n) is 2.81. The fourth-order valence-electron chi connectivity index (χ4n) is 1.73. The van der Waals surface area contributed by atoms with Gasteiger partial charge in [-0.25, -0.2) is 9.59 Å². The van der Waals surface area contributed by atoms with Crippen LogP contribution < -0.4 is 4.74 Å². The van der Waals surface area contributed by atoms with Crippen molar-refractivity contribution in [3.05, 3.63) is 65.7 Å². The first-order chi connectivity index (χ1) is 10.6. The zero-order chi connectivity index (χ0) is 15.9. The number of hydrogen-bond donors (Lipinski definition) is 1. The first-order valence-electron chi connectivity index (χ1n) is 6.46. The molecule has 2 rings (SSSR count). The van der Waals surface area contributed by atoms with Gasteiger partial charge in [-0.05, 0) is 35.9 Å². The van der Waals surface area contributed by atoms with Crippen molar-refractivity contribution >= 4 is 18.0 Å². The summed E-state index contributed by atoms with van der Waals surface area (Å²) >= 11 is 0.